The Kier molecular flexibility index (Phi) is 2.26. The Morgan fingerprint density at radius 3 is 2.62 bits per heavy atom. The van der Waals surface area contributed by atoms with Crippen LogP contribution < -0.4 is 0 Å². The van der Waals surface area contributed by atoms with Gasteiger partial charge in [0.25, 0.3) is 0 Å². The quantitative estimate of drug-likeness (QED) is 0.512. The average molecular weight is 175 g/mol. The molecule has 1 heterocycles. The molecule has 0 N–H and O–H groups in total. The molecule has 0 aromatic rings. The maximum Gasteiger partial charge on any atom is 0.0382 e. The van der Waals surface area contributed by atoms with Gasteiger partial charge in [0.05, 0.1) is 0 Å². The molecule has 0 atom stereocenters. The van der Waals surface area contributed by atoms with Gasteiger partial charge >= 0.3 is 0 Å². The average Bonchev–Trinajstić information content (AvgIpc) is 2.05. The number of nitrogens with zero attached hydrogens (tertiary/aromatic N) is 1. The van der Waals surface area contributed by atoms with Crippen LogP contribution >= 0.6 is 0 Å². The van der Waals surface area contributed by atoms with Crippen molar-refractivity contribution in [2.24, 2.45) is 0 Å². The molecule has 0 aromatic carbocycles. The maximum atomic E-state index is 2.40. The first-order chi connectivity index (χ1) is 6.31. The minimum absolute atomic E-state index is 1.13. The van der Waals surface area contributed by atoms with Gasteiger partial charge in [0.2, 0.25) is 0 Å². The molecule has 1 fully saturated rings. The SMILES string of the molecule is C/C=C1/CC/C(=C2/C=CC2)N(C)C1. The lowest BCUT2D eigenvalue weighted by Crippen LogP contribution is -2.27. The Labute approximate surface area is 80.4 Å². The van der Waals surface area contributed by atoms with Gasteiger partial charge in [-0.15, -0.1) is 0 Å². The van der Waals surface area contributed by atoms with E-state index in [4.69, 9.17) is 0 Å². The lowest BCUT2D eigenvalue weighted by Gasteiger charge is -2.32. The molecule has 1 saturated heterocycles. The van der Waals surface area contributed by atoms with Gasteiger partial charge in [0, 0.05) is 19.3 Å². The predicted octanol–water partition coefficient (Wildman–Crippen LogP) is 2.87. The number of piperidine rings is 1. The number of hydrogen-bond donors (Lipinski definition) is 0. The van der Waals surface area contributed by atoms with E-state index < -0.39 is 0 Å². The summed E-state index contributed by atoms with van der Waals surface area (Å²) in [6.07, 6.45) is 10.4. The van der Waals surface area contributed by atoms with Gasteiger partial charge < -0.3 is 4.90 Å². The largest absolute Gasteiger partial charge is 0.374 e. The van der Waals surface area contributed by atoms with Gasteiger partial charge in [0.15, 0.2) is 0 Å². The molecule has 0 saturated carbocycles. The molecule has 0 unspecified atom stereocenters. The van der Waals surface area contributed by atoms with Crippen molar-refractivity contribution in [1.82, 2.24) is 4.90 Å². The van der Waals surface area contributed by atoms with E-state index >= 15 is 0 Å². The predicted molar refractivity (Wildman–Crippen MR) is 56.4 cm³/mol. The first kappa shape index (κ1) is 8.61. The summed E-state index contributed by atoms with van der Waals surface area (Å²) in [5, 5.41) is 0. The van der Waals surface area contributed by atoms with Gasteiger partial charge in [-0.25, -0.2) is 0 Å². The highest BCUT2D eigenvalue weighted by molar-refractivity contribution is 5.37. The lowest BCUT2D eigenvalue weighted by molar-refractivity contribution is 0.392. The minimum atomic E-state index is 1.13. The van der Waals surface area contributed by atoms with Crippen LogP contribution in [-0.4, -0.2) is 18.5 Å². The van der Waals surface area contributed by atoms with Crippen LogP contribution in [0.3, 0.4) is 0 Å². The molecule has 0 radical (unpaired) electrons. The molecule has 2 aliphatic rings. The molecule has 0 spiro atoms. The summed E-state index contributed by atoms with van der Waals surface area (Å²) in [6, 6.07) is 0. The summed E-state index contributed by atoms with van der Waals surface area (Å²) >= 11 is 0. The van der Waals surface area contributed by atoms with Crippen molar-refractivity contribution >= 4 is 0 Å². The lowest BCUT2D eigenvalue weighted by atomic mass is 9.93. The van der Waals surface area contributed by atoms with E-state index in [1.165, 1.54) is 19.3 Å². The zero-order valence-electron chi connectivity index (χ0n) is 8.51. The summed E-state index contributed by atoms with van der Waals surface area (Å²) in [5.41, 5.74) is 4.70. The Balaban J connectivity index is 2.14. The van der Waals surface area contributed by atoms with Crippen molar-refractivity contribution < 1.29 is 0 Å². The van der Waals surface area contributed by atoms with E-state index in [-0.39, 0.29) is 0 Å². The van der Waals surface area contributed by atoms with Crippen LogP contribution in [0.15, 0.2) is 35.1 Å². The summed E-state index contributed by atoms with van der Waals surface area (Å²) in [4.78, 5) is 2.40. The Hall–Kier alpha value is -0.980. The maximum absolute atomic E-state index is 2.40. The first-order valence-electron chi connectivity index (χ1n) is 5.05. The monoisotopic (exact) mass is 175 g/mol. The van der Waals surface area contributed by atoms with E-state index in [0.717, 1.165) is 6.54 Å². The molecule has 0 amide bonds. The zero-order chi connectivity index (χ0) is 9.26. The Morgan fingerprint density at radius 2 is 2.15 bits per heavy atom. The molecular formula is C12H17N. The minimum Gasteiger partial charge on any atom is -0.374 e. The number of likely N-dealkylation sites (N-methyl/N-ethyl adjacent to an activating group) is 1. The fraction of sp³-hybridized carbons (Fsp3) is 0.500. The molecule has 2 rings (SSSR count). The van der Waals surface area contributed by atoms with E-state index in [1.54, 1.807) is 16.8 Å². The van der Waals surface area contributed by atoms with Gasteiger partial charge in [-0.1, -0.05) is 23.8 Å². The molecule has 0 bridgehead atoms. The normalized spacial score (nSPS) is 30.9. The second-order valence-electron chi connectivity index (χ2n) is 3.88. The molecule has 1 heteroatoms. The van der Waals surface area contributed by atoms with Crippen LogP contribution in [0.5, 0.6) is 0 Å². The second-order valence-corrected chi connectivity index (χ2v) is 3.88. The van der Waals surface area contributed by atoms with Gasteiger partial charge in [-0.05, 0) is 31.8 Å². The van der Waals surface area contributed by atoms with E-state index in [0.29, 0.717) is 0 Å². The highest BCUT2D eigenvalue weighted by Gasteiger charge is 2.18. The van der Waals surface area contributed by atoms with Crippen LogP contribution in [-0.2, 0) is 0 Å². The molecule has 70 valence electrons. The van der Waals surface area contributed by atoms with Crippen molar-refractivity contribution in [3.63, 3.8) is 0 Å². The number of likely N-dealkylation sites (tertiary alicyclic amines) is 1. The van der Waals surface area contributed by atoms with Crippen LogP contribution in [0.4, 0.5) is 0 Å². The van der Waals surface area contributed by atoms with Crippen LogP contribution in [0.25, 0.3) is 0 Å². The Bertz CT molecular complexity index is 294. The molecular weight excluding hydrogens is 158 g/mol. The zero-order valence-corrected chi connectivity index (χ0v) is 8.51. The number of allylic oxidation sites excluding steroid dienone is 5. The Morgan fingerprint density at radius 1 is 1.38 bits per heavy atom. The third kappa shape index (κ3) is 1.55. The topological polar surface area (TPSA) is 3.24 Å². The van der Waals surface area contributed by atoms with E-state index in [1.807, 2.05) is 0 Å². The third-order valence-electron chi connectivity index (χ3n) is 3.02. The van der Waals surface area contributed by atoms with Gasteiger partial charge in [-0.3, -0.25) is 0 Å². The van der Waals surface area contributed by atoms with Crippen molar-refractivity contribution in [3.8, 4) is 0 Å². The number of rotatable bonds is 0. The molecule has 1 nitrogen and oxygen atoms in total. The summed E-state index contributed by atoms with van der Waals surface area (Å²) < 4.78 is 0. The fourth-order valence-corrected chi connectivity index (χ4v) is 2.04. The third-order valence-corrected chi connectivity index (χ3v) is 3.02. The van der Waals surface area contributed by atoms with Gasteiger partial charge in [-0.2, -0.15) is 0 Å². The van der Waals surface area contributed by atoms with Crippen molar-refractivity contribution in [2.75, 3.05) is 13.6 Å². The molecule has 13 heavy (non-hydrogen) atoms. The summed E-state index contributed by atoms with van der Waals surface area (Å²) in [5.74, 6) is 0. The van der Waals surface area contributed by atoms with E-state index in [9.17, 15) is 0 Å². The smallest absolute Gasteiger partial charge is 0.0382 e. The molecule has 1 aliphatic heterocycles. The second kappa shape index (κ2) is 3.41. The van der Waals surface area contributed by atoms with Crippen molar-refractivity contribution in [3.05, 3.63) is 35.1 Å². The van der Waals surface area contributed by atoms with Crippen LogP contribution in [0.2, 0.25) is 0 Å². The number of hydrogen-bond acceptors (Lipinski definition) is 1. The summed E-state index contributed by atoms with van der Waals surface area (Å²) in [6.45, 7) is 3.27. The van der Waals surface area contributed by atoms with Crippen molar-refractivity contribution in [2.45, 2.75) is 26.2 Å². The van der Waals surface area contributed by atoms with Crippen molar-refractivity contribution in [1.29, 1.82) is 0 Å². The molecule has 0 aromatic heterocycles. The highest BCUT2D eigenvalue weighted by atomic mass is 15.1. The molecule has 1 aliphatic carbocycles. The van der Waals surface area contributed by atoms with Gasteiger partial charge in [0.1, 0.15) is 0 Å². The van der Waals surface area contributed by atoms with E-state index in [2.05, 4.69) is 37.1 Å². The first-order valence-corrected chi connectivity index (χ1v) is 5.05. The highest BCUT2D eigenvalue weighted by Crippen LogP contribution is 2.30. The fourth-order valence-electron chi connectivity index (χ4n) is 2.04. The standard InChI is InChI=1S/C12H17N/c1-3-10-7-8-12(13(2)9-10)11-5-4-6-11/h3-5H,6-9H2,1-2H3/b10-3-,12-11+. The van der Waals surface area contributed by atoms with Crippen LogP contribution in [0.1, 0.15) is 26.2 Å². The van der Waals surface area contributed by atoms with Crippen LogP contribution in [0, 0.1) is 0 Å². The summed E-state index contributed by atoms with van der Waals surface area (Å²) in [7, 11) is 2.21.